The Morgan fingerprint density at radius 2 is 2.18 bits per heavy atom. The highest BCUT2D eigenvalue weighted by Gasteiger charge is 2.21. The normalized spacial score (nSPS) is 15.6. The molecule has 0 aliphatic carbocycles. The number of amides is 1. The number of amidine groups is 1. The second kappa shape index (κ2) is 8.64. The van der Waals surface area contributed by atoms with Crippen LogP contribution in [0.4, 0.5) is 0 Å². The van der Waals surface area contributed by atoms with Gasteiger partial charge in [0.1, 0.15) is 17.7 Å². The third-order valence-corrected chi connectivity index (χ3v) is 5.38. The lowest BCUT2D eigenvalue weighted by molar-refractivity contribution is 0.0499. The lowest BCUT2D eigenvalue weighted by Gasteiger charge is -2.16. The number of thiophene rings is 1. The minimum absolute atomic E-state index is 0.188. The minimum atomic E-state index is -0.321. The zero-order valence-electron chi connectivity index (χ0n) is 15.7. The molecule has 0 bridgehead atoms. The van der Waals surface area contributed by atoms with E-state index in [9.17, 15) is 4.79 Å². The maximum atomic E-state index is 12.1. The van der Waals surface area contributed by atoms with E-state index >= 15 is 0 Å². The highest BCUT2D eigenvalue weighted by atomic mass is 35.5. The van der Waals surface area contributed by atoms with Gasteiger partial charge in [0.25, 0.3) is 5.91 Å². The van der Waals surface area contributed by atoms with E-state index in [4.69, 9.17) is 26.6 Å². The van der Waals surface area contributed by atoms with Crippen LogP contribution in [-0.4, -0.2) is 50.5 Å². The minimum Gasteiger partial charge on any atom is -0.496 e. The third-order valence-electron chi connectivity index (χ3n) is 4.15. The zero-order valence-corrected chi connectivity index (χ0v) is 17.3. The second-order valence-electron chi connectivity index (χ2n) is 6.31. The number of hydroxylamine groups is 1. The van der Waals surface area contributed by atoms with Crippen molar-refractivity contribution in [2.24, 2.45) is 0 Å². The van der Waals surface area contributed by atoms with Crippen molar-refractivity contribution in [3.05, 3.63) is 56.7 Å². The van der Waals surface area contributed by atoms with Gasteiger partial charge in [-0.3, -0.25) is 20.5 Å². The number of rotatable bonds is 6. The molecule has 1 aromatic heterocycles. The van der Waals surface area contributed by atoms with Gasteiger partial charge in [-0.15, -0.1) is 11.3 Å². The fourth-order valence-electron chi connectivity index (χ4n) is 2.67. The molecular formula is C19H21ClN4O3S. The standard InChI is InChI=1S/C19H21ClN4O3S/c1-24(2)18(21)11-4-5-13(15(8-11)26-3)14-9-12(27-23-14)10-22-19(25)16-6-7-17(20)28-16/h4-9,12,21,23H,10H2,1-3H3,(H,22,25). The van der Waals surface area contributed by atoms with Crippen LogP contribution >= 0.6 is 22.9 Å². The van der Waals surface area contributed by atoms with Gasteiger partial charge in [-0.25, -0.2) is 0 Å². The van der Waals surface area contributed by atoms with Crippen molar-refractivity contribution < 1.29 is 14.4 Å². The van der Waals surface area contributed by atoms with Crippen LogP contribution in [0.1, 0.15) is 20.8 Å². The van der Waals surface area contributed by atoms with Crippen molar-refractivity contribution in [2.75, 3.05) is 27.7 Å². The average Bonchev–Trinajstić information content (AvgIpc) is 3.34. The molecule has 1 aromatic carbocycles. The first-order chi connectivity index (χ1) is 13.4. The Labute approximate surface area is 172 Å². The molecule has 1 unspecified atom stereocenters. The number of hydrogen-bond acceptors (Lipinski definition) is 6. The number of carbonyl (C=O) groups excluding carboxylic acids is 1. The summed E-state index contributed by atoms with van der Waals surface area (Å²) in [4.78, 5) is 19.9. The largest absolute Gasteiger partial charge is 0.496 e. The summed E-state index contributed by atoms with van der Waals surface area (Å²) in [7, 11) is 5.23. The van der Waals surface area contributed by atoms with Crippen LogP contribution in [-0.2, 0) is 4.84 Å². The van der Waals surface area contributed by atoms with Crippen LogP contribution in [0.5, 0.6) is 5.75 Å². The Bertz CT molecular complexity index is 926. The molecule has 3 rings (SSSR count). The molecule has 1 aliphatic heterocycles. The van der Waals surface area contributed by atoms with Gasteiger partial charge in [-0.05, 0) is 30.3 Å². The van der Waals surface area contributed by atoms with E-state index in [0.29, 0.717) is 27.3 Å². The summed E-state index contributed by atoms with van der Waals surface area (Å²) in [5, 5.41) is 10.9. The van der Waals surface area contributed by atoms with Gasteiger partial charge in [0, 0.05) is 25.2 Å². The predicted octanol–water partition coefficient (Wildman–Crippen LogP) is 2.97. The Kier molecular flexibility index (Phi) is 6.23. The summed E-state index contributed by atoms with van der Waals surface area (Å²) in [6.07, 6.45) is 1.56. The van der Waals surface area contributed by atoms with Gasteiger partial charge in [0.2, 0.25) is 0 Å². The summed E-state index contributed by atoms with van der Waals surface area (Å²) in [6.45, 7) is 0.316. The quantitative estimate of drug-likeness (QED) is 0.494. The van der Waals surface area contributed by atoms with Crippen molar-refractivity contribution in [1.82, 2.24) is 15.7 Å². The van der Waals surface area contributed by atoms with Crippen molar-refractivity contribution in [3.63, 3.8) is 0 Å². The Hall–Kier alpha value is -2.55. The van der Waals surface area contributed by atoms with E-state index in [1.54, 1.807) is 24.1 Å². The number of halogens is 1. The van der Waals surface area contributed by atoms with E-state index < -0.39 is 0 Å². The zero-order chi connectivity index (χ0) is 20.3. The summed E-state index contributed by atoms with van der Waals surface area (Å²) < 4.78 is 6.06. The van der Waals surface area contributed by atoms with Crippen molar-refractivity contribution in [1.29, 1.82) is 5.41 Å². The SMILES string of the molecule is COc1cc(C(=N)N(C)C)ccc1C1=CC(CNC(=O)c2ccc(Cl)s2)ON1. The monoisotopic (exact) mass is 420 g/mol. The molecule has 7 nitrogen and oxygen atoms in total. The molecule has 1 atom stereocenters. The molecular weight excluding hydrogens is 400 g/mol. The number of benzene rings is 1. The highest BCUT2D eigenvalue weighted by molar-refractivity contribution is 7.17. The number of nitrogens with zero attached hydrogens (tertiary/aromatic N) is 1. The van der Waals surface area contributed by atoms with Crippen LogP contribution in [0, 0.1) is 5.41 Å². The Morgan fingerprint density at radius 1 is 1.39 bits per heavy atom. The number of ether oxygens (including phenoxy) is 1. The molecule has 2 heterocycles. The molecule has 3 N–H and O–H groups in total. The number of methoxy groups -OCH3 is 1. The highest BCUT2D eigenvalue weighted by Crippen LogP contribution is 2.29. The molecule has 0 fully saturated rings. The maximum Gasteiger partial charge on any atom is 0.261 e. The van der Waals surface area contributed by atoms with E-state index in [-0.39, 0.29) is 12.0 Å². The summed E-state index contributed by atoms with van der Waals surface area (Å²) >= 11 is 7.09. The lowest BCUT2D eigenvalue weighted by Crippen LogP contribution is -2.31. The van der Waals surface area contributed by atoms with E-state index in [0.717, 1.165) is 16.8 Å². The molecule has 28 heavy (non-hydrogen) atoms. The molecule has 1 aliphatic rings. The van der Waals surface area contributed by atoms with Crippen molar-refractivity contribution in [3.8, 4) is 5.75 Å². The van der Waals surface area contributed by atoms with Crippen LogP contribution in [0.25, 0.3) is 5.70 Å². The first-order valence-corrected chi connectivity index (χ1v) is 9.70. The average molecular weight is 421 g/mol. The van der Waals surface area contributed by atoms with Crippen LogP contribution in [0.15, 0.2) is 36.4 Å². The molecule has 9 heteroatoms. The van der Waals surface area contributed by atoms with Gasteiger partial charge in [0.05, 0.1) is 28.6 Å². The van der Waals surface area contributed by atoms with Crippen LogP contribution in [0.3, 0.4) is 0 Å². The number of carbonyl (C=O) groups is 1. The molecule has 148 valence electrons. The summed E-state index contributed by atoms with van der Waals surface area (Å²) in [6, 6.07) is 8.94. The summed E-state index contributed by atoms with van der Waals surface area (Å²) in [5.74, 6) is 0.833. The number of hydrogen-bond donors (Lipinski definition) is 3. The molecule has 0 saturated carbocycles. The molecule has 1 amide bonds. The molecule has 0 spiro atoms. The van der Waals surface area contributed by atoms with E-state index in [1.165, 1.54) is 11.3 Å². The lowest BCUT2D eigenvalue weighted by atomic mass is 10.1. The molecule has 2 aromatic rings. The topological polar surface area (TPSA) is 86.7 Å². The fraction of sp³-hybridized carbons (Fsp3) is 0.263. The van der Waals surface area contributed by atoms with Gasteiger partial charge < -0.3 is 15.0 Å². The molecule has 0 radical (unpaired) electrons. The number of nitrogens with one attached hydrogen (secondary N) is 3. The maximum absolute atomic E-state index is 12.1. The smallest absolute Gasteiger partial charge is 0.261 e. The van der Waals surface area contributed by atoms with E-state index in [1.807, 2.05) is 38.4 Å². The van der Waals surface area contributed by atoms with Gasteiger partial charge in [0.15, 0.2) is 0 Å². The fourth-order valence-corrected chi connectivity index (χ4v) is 3.63. The Balaban J connectivity index is 1.69. The Morgan fingerprint density at radius 3 is 2.82 bits per heavy atom. The van der Waals surface area contributed by atoms with Crippen LogP contribution in [0.2, 0.25) is 4.34 Å². The van der Waals surface area contributed by atoms with Crippen molar-refractivity contribution >= 4 is 40.4 Å². The third kappa shape index (κ3) is 4.46. The van der Waals surface area contributed by atoms with Crippen molar-refractivity contribution in [2.45, 2.75) is 6.10 Å². The predicted molar refractivity (Wildman–Crippen MR) is 111 cm³/mol. The van der Waals surface area contributed by atoms with Gasteiger partial charge in [-0.1, -0.05) is 17.7 Å². The first kappa shape index (κ1) is 20.2. The van der Waals surface area contributed by atoms with Gasteiger partial charge in [-0.2, -0.15) is 0 Å². The second-order valence-corrected chi connectivity index (χ2v) is 8.03. The first-order valence-electron chi connectivity index (χ1n) is 8.50. The molecule has 0 saturated heterocycles. The van der Waals surface area contributed by atoms with Gasteiger partial charge >= 0.3 is 0 Å². The van der Waals surface area contributed by atoms with E-state index in [2.05, 4.69) is 10.8 Å². The van der Waals surface area contributed by atoms with Crippen LogP contribution < -0.4 is 15.5 Å². The summed E-state index contributed by atoms with van der Waals surface area (Å²) in [5.41, 5.74) is 5.20.